The van der Waals surface area contributed by atoms with E-state index >= 15 is 0 Å². The van der Waals surface area contributed by atoms with Crippen LogP contribution in [0.3, 0.4) is 0 Å². The van der Waals surface area contributed by atoms with Gasteiger partial charge in [-0.3, -0.25) is 4.79 Å². The van der Waals surface area contributed by atoms with Crippen LogP contribution < -0.4 is 4.74 Å². The summed E-state index contributed by atoms with van der Waals surface area (Å²) in [6.45, 7) is 7.34. The van der Waals surface area contributed by atoms with Gasteiger partial charge in [0.1, 0.15) is 5.75 Å². The zero-order chi connectivity index (χ0) is 14.8. The number of nitrogens with zero attached hydrogens (tertiary/aromatic N) is 1. The summed E-state index contributed by atoms with van der Waals surface area (Å²) in [4.78, 5) is 14.5. The van der Waals surface area contributed by atoms with Gasteiger partial charge in [0, 0.05) is 6.54 Å². The minimum absolute atomic E-state index is 0.0999. The maximum absolute atomic E-state index is 12.5. The van der Waals surface area contributed by atoms with Crippen molar-refractivity contribution < 1.29 is 14.3 Å². The molecule has 0 spiro atoms. The van der Waals surface area contributed by atoms with Gasteiger partial charge in [0.2, 0.25) is 5.91 Å². The monoisotopic (exact) mass is 277 g/mol. The highest BCUT2D eigenvalue weighted by molar-refractivity contribution is 5.79. The summed E-state index contributed by atoms with van der Waals surface area (Å²) in [5.74, 6) is 0.955. The standard InChI is InChI=1S/C16H23NO3/c1-12-10-17(16(2,3)11-20-12)15(18)9-13-5-7-14(19-4)8-6-13/h5-8,12H,9-11H2,1-4H3/t12-/m1/s1. The molecule has 0 saturated carbocycles. The van der Waals surface area contributed by atoms with Gasteiger partial charge in [-0.05, 0) is 38.5 Å². The van der Waals surface area contributed by atoms with Crippen molar-refractivity contribution in [3.8, 4) is 5.75 Å². The molecule has 1 atom stereocenters. The van der Waals surface area contributed by atoms with Gasteiger partial charge in [0.25, 0.3) is 0 Å². The Morgan fingerprint density at radius 2 is 2.05 bits per heavy atom. The van der Waals surface area contributed by atoms with Gasteiger partial charge in [-0.2, -0.15) is 0 Å². The Bertz CT molecular complexity index is 467. The minimum atomic E-state index is -0.240. The molecule has 0 bridgehead atoms. The normalized spacial score (nSPS) is 21.6. The van der Waals surface area contributed by atoms with Gasteiger partial charge >= 0.3 is 0 Å². The summed E-state index contributed by atoms with van der Waals surface area (Å²) in [7, 11) is 1.64. The summed E-state index contributed by atoms with van der Waals surface area (Å²) in [5, 5.41) is 0. The quantitative estimate of drug-likeness (QED) is 0.850. The van der Waals surface area contributed by atoms with Crippen molar-refractivity contribution in [1.82, 2.24) is 4.90 Å². The molecule has 1 aliphatic rings. The Morgan fingerprint density at radius 1 is 1.40 bits per heavy atom. The molecule has 1 aliphatic heterocycles. The lowest BCUT2D eigenvalue weighted by Crippen LogP contribution is -2.58. The van der Waals surface area contributed by atoms with Gasteiger partial charge in [-0.15, -0.1) is 0 Å². The van der Waals surface area contributed by atoms with Crippen molar-refractivity contribution >= 4 is 5.91 Å². The molecule has 0 unspecified atom stereocenters. The van der Waals surface area contributed by atoms with Crippen molar-refractivity contribution in [2.75, 3.05) is 20.3 Å². The average molecular weight is 277 g/mol. The zero-order valence-corrected chi connectivity index (χ0v) is 12.7. The van der Waals surface area contributed by atoms with Crippen LogP contribution in [0.1, 0.15) is 26.3 Å². The number of ether oxygens (including phenoxy) is 2. The molecule has 20 heavy (non-hydrogen) atoms. The highest BCUT2D eigenvalue weighted by Gasteiger charge is 2.36. The molecule has 4 heteroatoms. The van der Waals surface area contributed by atoms with Crippen LogP contribution in [0.15, 0.2) is 24.3 Å². The van der Waals surface area contributed by atoms with Gasteiger partial charge in [0.15, 0.2) is 0 Å². The van der Waals surface area contributed by atoms with E-state index in [1.165, 1.54) is 0 Å². The minimum Gasteiger partial charge on any atom is -0.497 e. The highest BCUT2D eigenvalue weighted by atomic mass is 16.5. The van der Waals surface area contributed by atoms with E-state index in [-0.39, 0.29) is 17.6 Å². The number of benzene rings is 1. The fraction of sp³-hybridized carbons (Fsp3) is 0.562. The summed E-state index contributed by atoms with van der Waals surface area (Å²) < 4.78 is 10.8. The first kappa shape index (κ1) is 14.9. The Balaban J connectivity index is 2.06. The number of carbonyl (C=O) groups excluding carboxylic acids is 1. The Morgan fingerprint density at radius 3 is 2.65 bits per heavy atom. The highest BCUT2D eigenvalue weighted by Crippen LogP contribution is 2.23. The molecule has 1 saturated heterocycles. The topological polar surface area (TPSA) is 38.8 Å². The third kappa shape index (κ3) is 3.31. The molecule has 1 aromatic carbocycles. The van der Waals surface area contributed by atoms with Crippen molar-refractivity contribution in [2.45, 2.75) is 38.8 Å². The molecule has 1 amide bonds. The molecule has 0 N–H and O–H groups in total. The lowest BCUT2D eigenvalue weighted by Gasteiger charge is -2.44. The first-order valence-electron chi connectivity index (χ1n) is 6.97. The van der Waals surface area contributed by atoms with E-state index in [1.54, 1.807) is 7.11 Å². The van der Waals surface area contributed by atoms with E-state index in [4.69, 9.17) is 9.47 Å². The third-order valence-electron chi connectivity index (χ3n) is 3.71. The molecule has 1 aromatic rings. The van der Waals surface area contributed by atoms with Crippen LogP contribution in [0.5, 0.6) is 5.75 Å². The summed E-state index contributed by atoms with van der Waals surface area (Å²) in [6, 6.07) is 7.65. The van der Waals surface area contributed by atoms with Crippen LogP contribution in [0.25, 0.3) is 0 Å². The SMILES string of the molecule is COc1ccc(CC(=O)N2C[C@@H](C)OCC2(C)C)cc1. The maximum Gasteiger partial charge on any atom is 0.227 e. The molecule has 4 nitrogen and oxygen atoms in total. The van der Waals surface area contributed by atoms with Crippen molar-refractivity contribution in [3.05, 3.63) is 29.8 Å². The van der Waals surface area contributed by atoms with E-state index in [0.717, 1.165) is 11.3 Å². The van der Waals surface area contributed by atoms with Crippen LogP contribution in [0.4, 0.5) is 0 Å². The van der Waals surface area contributed by atoms with Crippen LogP contribution >= 0.6 is 0 Å². The van der Waals surface area contributed by atoms with Crippen LogP contribution in [-0.2, 0) is 16.0 Å². The van der Waals surface area contributed by atoms with Gasteiger partial charge in [-0.25, -0.2) is 0 Å². The van der Waals surface area contributed by atoms with Crippen molar-refractivity contribution in [2.24, 2.45) is 0 Å². The predicted molar refractivity (Wildman–Crippen MR) is 77.9 cm³/mol. The number of rotatable bonds is 3. The van der Waals surface area contributed by atoms with E-state index < -0.39 is 0 Å². The number of methoxy groups -OCH3 is 1. The molecule has 0 aromatic heterocycles. The summed E-state index contributed by atoms with van der Waals surface area (Å²) in [6.07, 6.45) is 0.517. The van der Waals surface area contributed by atoms with E-state index in [1.807, 2.05) is 49.9 Å². The molecule has 1 heterocycles. The first-order chi connectivity index (χ1) is 9.42. The first-order valence-corrected chi connectivity index (χ1v) is 6.97. The fourth-order valence-electron chi connectivity index (χ4n) is 2.43. The summed E-state index contributed by atoms with van der Waals surface area (Å²) >= 11 is 0. The number of carbonyl (C=O) groups is 1. The lowest BCUT2D eigenvalue weighted by molar-refractivity contribution is -0.152. The second kappa shape index (κ2) is 5.83. The second-order valence-corrected chi connectivity index (χ2v) is 5.96. The predicted octanol–water partition coefficient (Wildman–Crippen LogP) is 2.26. The van der Waals surface area contributed by atoms with Crippen LogP contribution in [-0.4, -0.2) is 42.7 Å². The van der Waals surface area contributed by atoms with Crippen LogP contribution in [0.2, 0.25) is 0 Å². The Labute approximate surface area is 120 Å². The molecule has 110 valence electrons. The van der Waals surface area contributed by atoms with Crippen LogP contribution in [0, 0.1) is 0 Å². The number of hydrogen-bond donors (Lipinski definition) is 0. The third-order valence-corrected chi connectivity index (χ3v) is 3.71. The van der Waals surface area contributed by atoms with Crippen molar-refractivity contribution in [1.29, 1.82) is 0 Å². The molecule has 1 fully saturated rings. The smallest absolute Gasteiger partial charge is 0.227 e. The van der Waals surface area contributed by atoms with Crippen molar-refractivity contribution in [3.63, 3.8) is 0 Å². The maximum atomic E-state index is 12.5. The van der Waals surface area contributed by atoms with Gasteiger partial charge in [-0.1, -0.05) is 12.1 Å². The molecule has 0 aliphatic carbocycles. The zero-order valence-electron chi connectivity index (χ0n) is 12.7. The molecule has 2 rings (SSSR count). The second-order valence-electron chi connectivity index (χ2n) is 5.96. The molecular weight excluding hydrogens is 254 g/mol. The van der Waals surface area contributed by atoms with Gasteiger partial charge < -0.3 is 14.4 Å². The number of hydrogen-bond acceptors (Lipinski definition) is 3. The fourth-order valence-corrected chi connectivity index (χ4v) is 2.43. The Hall–Kier alpha value is -1.55. The lowest BCUT2D eigenvalue weighted by atomic mass is 9.99. The molecule has 0 radical (unpaired) electrons. The Kier molecular flexibility index (Phi) is 4.33. The van der Waals surface area contributed by atoms with Gasteiger partial charge in [0.05, 0.1) is 31.8 Å². The molecular formula is C16H23NO3. The average Bonchev–Trinajstić information content (AvgIpc) is 2.42. The number of morpholine rings is 1. The summed E-state index contributed by atoms with van der Waals surface area (Å²) in [5.41, 5.74) is 0.765. The van der Waals surface area contributed by atoms with E-state index in [9.17, 15) is 4.79 Å². The number of amides is 1. The largest absolute Gasteiger partial charge is 0.497 e. The van der Waals surface area contributed by atoms with E-state index in [2.05, 4.69) is 0 Å². The van der Waals surface area contributed by atoms with E-state index in [0.29, 0.717) is 19.6 Å².